The normalized spacial score (nSPS) is 14.2. The van der Waals surface area contributed by atoms with Gasteiger partial charge in [0.1, 0.15) is 0 Å². The third kappa shape index (κ3) is 3.04. The summed E-state index contributed by atoms with van der Waals surface area (Å²) < 4.78 is 0. The summed E-state index contributed by atoms with van der Waals surface area (Å²) in [7, 11) is 0. The maximum Gasteiger partial charge on any atom is 0.258 e. The number of benzene rings is 1. The van der Waals surface area contributed by atoms with Crippen LogP contribution < -0.4 is 10.2 Å². The van der Waals surface area contributed by atoms with Crippen molar-refractivity contribution in [2.45, 2.75) is 19.8 Å². The molecule has 22 heavy (non-hydrogen) atoms. The van der Waals surface area contributed by atoms with Crippen LogP contribution in [0.25, 0.3) is 0 Å². The Morgan fingerprint density at radius 3 is 2.59 bits per heavy atom. The molecule has 1 aliphatic rings. The van der Waals surface area contributed by atoms with E-state index in [2.05, 4.69) is 20.2 Å². The monoisotopic (exact) mass is 316 g/mol. The van der Waals surface area contributed by atoms with Crippen LogP contribution in [0, 0.1) is 6.92 Å². The molecule has 0 spiro atoms. The molecule has 0 saturated carbocycles. The lowest BCUT2D eigenvalue weighted by atomic mass is 10.2. The van der Waals surface area contributed by atoms with Crippen LogP contribution in [0.5, 0.6) is 0 Å². The second kappa shape index (κ2) is 6.32. The van der Waals surface area contributed by atoms with Crippen molar-refractivity contribution in [2.75, 3.05) is 23.3 Å². The van der Waals surface area contributed by atoms with Gasteiger partial charge < -0.3 is 10.2 Å². The minimum absolute atomic E-state index is 0.238. The van der Waals surface area contributed by atoms with E-state index in [0.717, 1.165) is 18.7 Å². The van der Waals surface area contributed by atoms with E-state index in [1.54, 1.807) is 24.5 Å². The number of aromatic nitrogens is 2. The van der Waals surface area contributed by atoms with E-state index in [0.29, 0.717) is 22.2 Å². The van der Waals surface area contributed by atoms with Crippen LogP contribution in [0.3, 0.4) is 0 Å². The fourth-order valence-corrected chi connectivity index (χ4v) is 2.63. The summed E-state index contributed by atoms with van der Waals surface area (Å²) in [6, 6.07) is 5.41. The van der Waals surface area contributed by atoms with E-state index in [4.69, 9.17) is 11.6 Å². The summed E-state index contributed by atoms with van der Waals surface area (Å²) in [5.41, 5.74) is 1.97. The van der Waals surface area contributed by atoms with Gasteiger partial charge in [-0.25, -0.2) is 9.97 Å². The number of halogens is 1. The van der Waals surface area contributed by atoms with Gasteiger partial charge in [0.15, 0.2) is 0 Å². The van der Waals surface area contributed by atoms with Gasteiger partial charge in [0.2, 0.25) is 5.95 Å². The van der Waals surface area contributed by atoms with Gasteiger partial charge >= 0.3 is 0 Å². The van der Waals surface area contributed by atoms with E-state index in [-0.39, 0.29) is 5.91 Å². The largest absolute Gasteiger partial charge is 0.341 e. The molecule has 1 N–H and O–H groups in total. The number of hydrogen-bond acceptors (Lipinski definition) is 4. The number of nitrogens with zero attached hydrogens (tertiary/aromatic N) is 3. The summed E-state index contributed by atoms with van der Waals surface area (Å²) in [5, 5.41) is 3.46. The number of anilines is 2. The molecule has 1 saturated heterocycles. The molecule has 6 heteroatoms. The van der Waals surface area contributed by atoms with E-state index in [9.17, 15) is 4.79 Å². The molecule has 1 aromatic heterocycles. The van der Waals surface area contributed by atoms with Crippen LogP contribution in [-0.2, 0) is 0 Å². The maximum absolute atomic E-state index is 12.3. The Balaban J connectivity index is 1.73. The molecular weight excluding hydrogens is 300 g/mol. The van der Waals surface area contributed by atoms with E-state index >= 15 is 0 Å². The average molecular weight is 317 g/mol. The topological polar surface area (TPSA) is 58.1 Å². The molecule has 5 nitrogen and oxygen atoms in total. The Hall–Kier alpha value is -2.14. The van der Waals surface area contributed by atoms with Gasteiger partial charge in [0.25, 0.3) is 5.91 Å². The van der Waals surface area contributed by atoms with Crippen molar-refractivity contribution in [3.8, 4) is 0 Å². The highest BCUT2D eigenvalue weighted by atomic mass is 35.5. The van der Waals surface area contributed by atoms with Gasteiger partial charge in [-0.15, -0.1) is 0 Å². The molecule has 0 unspecified atom stereocenters. The molecule has 0 aliphatic carbocycles. The lowest BCUT2D eigenvalue weighted by Crippen LogP contribution is -2.21. The third-order valence-corrected chi connectivity index (χ3v) is 4.21. The highest BCUT2D eigenvalue weighted by Crippen LogP contribution is 2.23. The van der Waals surface area contributed by atoms with Crippen molar-refractivity contribution in [3.05, 3.63) is 46.7 Å². The summed E-state index contributed by atoms with van der Waals surface area (Å²) in [5.74, 6) is 0.450. The number of carbonyl (C=O) groups is 1. The standard InChI is InChI=1S/C16H17ClN4O/c1-11-13(17)5-4-6-14(11)20-15(22)12-9-18-16(19-10-12)21-7-2-3-8-21/h4-6,9-10H,2-3,7-8H2,1H3,(H,20,22). The Kier molecular flexibility index (Phi) is 4.24. The molecule has 0 atom stereocenters. The van der Waals surface area contributed by atoms with Crippen molar-refractivity contribution in [2.24, 2.45) is 0 Å². The van der Waals surface area contributed by atoms with Crippen molar-refractivity contribution in [3.63, 3.8) is 0 Å². The van der Waals surface area contributed by atoms with Crippen LogP contribution in [-0.4, -0.2) is 29.0 Å². The summed E-state index contributed by atoms with van der Waals surface area (Å²) in [6.07, 6.45) is 5.46. The molecule has 0 bridgehead atoms. The molecule has 0 radical (unpaired) electrons. The fourth-order valence-electron chi connectivity index (χ4n) is 2.46. The molecule has 1 aliphatic heterocycles. The van der Waals surface area contributed by atoms with Gasteiger partial charge in [-0.1, -0.05) is 17.7 Å². The van der Waals surface area contributed by atoms with E-state index in [1.165, 1.54) is 12.8 Å². The quantitative estimate of drug-likeness (QED) is 0.944. The second-order valence-electron chi connectivity index (χ2n) is 5.33. The number of amides is 1. The number of nitrogens with one attached hydrogen (secondary N) is 1. The maximum atomic E-state index is 12.3. The Morgan fingerprint density at radius 2 is 1.91 bits per heavy atom. The predicted octanol–water partition coefficient (Wildman–Crippen LogP) is 3.29. The zero-order valence-electron chi connectivity index (χ0n) is 12.3. The Bertz CT molecular complexity index is 681. The van der Waals surface area contributed by atoms with Crippen molar-refractivity contribution < 1.29 is 4.79 Å². The van der Waals surface area contributed by atoms with Crippen LogP contribution in [0.15, 0.2) is 30.6 Å². The van der Waals surface area contributed by atoms with Gasteiger partial charge in [-0.05, 0) is 37.5 Å². The van der Waals surface area contributed by atoms with Gasteiger partial charge in [-0.3, -0.25) is 4.79 Å². The van der Waals surface area contributed by atoms with Crippen molar-refractivity contribution in [1.29, 1.82) is 0 Å². The molecule has 1 amide bonds. The number of rotatable bonds is 3. The predicted molar refractivity (Wildman–Crippen MR) is 87.6 cm³/mol. The number of hydrogen-bond donors (Lipinski definition) is 1. The first-order chi connectivity index (χ1) is 10.6. The minimum Gasteiger partial charge on any atom is -0.341 e. The van der Waals surface area contributed by atoms with Crippen molar-refractivity contribution in [1.82, 2.24) is 9.97 Å². The zero-order valence-corrected chi connectivity index (χ0v) is 13.1. The summed E-state index contributed by atoms with van der Waals surface area (Å²) >= 11 is 6.06. The molecular formula is C16H17ClN4O. The van der Waals surface area contributed by atoms with Gasteiger partial charge in [0.05, 0.1) is 5.56 Å². The Labute approximate surface area is 134 Å². The van der Waals surface area contributed by atoms with E-state index < -0.39 is 0 Å². The smallest absolute Gasteiger partial charge is 0.258 e. The van der Waals surface area contributed by atoms with Crippen molar-refractivity contribution >= 4 is 29.1 Å². The van der Waals surface area contributed by atoms with Crippen LogP contribution >= 0.6 is 11.6 Å². The molecule has 1 fully saturated rings. The molecule has 2 heterocycles. The highest BCUT2D eigenvalue weighted by Gasteiger charge is 2.16. The molecule has 1 aromatic carbocycles. The second-order valence-corrected chi connectivity index (χ2v) is 5.74. The first kappa shape index (κ1) is 14.8. The summed E-state index contributed by atoms with van der Waals surface area (Å²) in [6.45, 7) is 3.82. The van der Waals surface area contributed by atoms with Crippen LogP contribution in [0.2, 0.25) is 5.02 Å². The van der Waals surface area contributed by atoms with Gasteiger partial charge in [-0.2, -0.15) is 0 Å². The number of carbonyl (C=O) groups excluding carboxylic acids is 1. The molecule has 114 valence electrons. The van der Waals surface area contributed by atoms with Gasteiger partial charge in [0, 0.05) is 36.2 Å². The first-order valence-electron chi connectivity index (χ1n) is 7.28. The lowest BCUT2D eigenvalue weighted by molar-refractivity contribution is 0.102. The third-order valence-electron chi connectivity index (χ3n) is 3.81. The fraction of sp³-hybridized carbons (Fsp3) is 0.312. The molecule has 2 aromatic rings. The Morgan fingerprint density at radius 1 is 1.23 bits per heavy atom. The van der Waals surface area contributed by atoms with Crippen LogP contribution in [0.1, 0.15) is 28.8 Å². The summed E-state index contributed by atoms with van der Waals surface area (Å²) in [4.78, 5) is 23.0. The average Bonchev–Trinajstić information content (AvgIpc) is 3.06. The first-order valence-corrected chi connectivity index (χ1v) is 7.66. The highest BCUT2D eigenvalue weighted by molar-refractivity contribution is 6.31. The van der Waals surface area contributed by atoms with E-state index in [1.807, 2.05) is 13.0 Å². The minimum atomic E-state index is -0.238. The molecule has 3 rings (SSSR count). The zero-order chi connectivity index (χ0) is 15.5. The van der Waals surface area contributed by atoms with Crippen LogP contribution in [0.4, 0.5) is 11.6 Å². The lowest BCUT2D eigenvalue weighted by Gasteiger charge is -2.14. The SMILES string of the molecule is Cc1c(Cl)cccc1NC(=O)c1cnc(N2CCCC2)nc1.